The van der Waals surface area contributed by atoms with Gasteiger partial charge in [0.1, 0.15) is 0 Å². The van der Waals surface area contributed by atoms with Gasteiger partial charge in [-0.15, -0.1) is 5.56 Å². The average molecular weight is 229 g/mol. The van der Waals surface area contributed by atoms with Crippen molar-refractivity contribution in [2.45, 2.75) is 13.8 Å². The molecule has 0 unspecified atom stereocenters. The van der Waals surface area contributed by atoms with E-state index < -0.39 is 0 Å². The molecule has 0 saturated heterocycles. The van der Waals surface area contributed by atoms with Crippen molar-refractivity contribution >= 4 is 11.6 Å². The first-order chi connectivity index (χ1) is 4.22. The molecule has 0 fully saturated rings. The molecule has 0 spiro atoms. The van der Waals surface area contributed by atoms with Crippen molar-refractivity contribution in [3.05, 3.63) is 34.3 Å². The second-order valence-corrected chi connectivity index (χ2v) is 2.52. The van der Waals surface area contributed by atoms with Crippen LogP contribution in [0.5, 0.6) is 0 Å². The molecule has 1 radical (unpaired) electrons. The third-order valence-electron chi connectivity index (χ3n) is 1.46. The van der Waals surface area contributed by atoms with Crippen molar-refractivity contribution in [3.8, 4) is 0 Å². The predicted octanol–water partition coefficient (Wildman–Crippen LogP) is 2.75. The number of hydrogen-bond donors (Lipinski definition) is 0. The summed E-state index contributed by atoms with van der Waals surface area (Å²) < 4.78 is 0. The molecule has 1 aromatic rings. The summed E-state index contributed by atoms with van der Waals surface area (Å²) in [6, 6.07) is 6.65. The number of rotatable bonds is 0. The molecular formula is C8H8ClY-. The SMILES string of the molecule is Cc1c[c-]cc(Cl)c1C.[Y]. The van der Waals surface area contributed by atoms with Gasteiger partial charge >= 0.3 is 0 Å². The second-order valence-electron chi connectivity index (χ2n) is 2.11. The van der Waals surface area contributed by atoms with Gasteiger partial charge in [-0.05, 0) is 0 Å². The van der Waals surface area contributed by atoms with E-state index in [-0.39, 0.29) is 32.7 Å². The Hall–Kier alpha value is 0.614. The molecule has 0 amide bonds. The van der Waals surface area contributed by atoms with Gasteiger partial charge < -0.3 is 0 Å². The fourth-order valence-corrected chi connectivity index (χ4v) is 0.857. The second kappa shape index (κ2) is 4.48. The normalized spacial score (nSPS) is 8.70. The average Bonchev–Trinajstić information content (AvgIpc) is 1.83. The van der Waals surface area contributed by atoms with E-state index in [1.807, 2.05) is 19.9 Å². The smallest absolute Gasteiger partial charge is 0 e. The van der Waals surface area contributed by atoms with Crippen LogP contribution in [0.25, 0.3) is 0 Å². The molecule has 0 aliphatic rings. The van der Waals surface area contributed by atoms with Crippen molar-refractivity contribution in [2.24, 2.45) is 0 Å². The summed E-state index contributed by atoms with van der Waals surface area (Å²) in [6.45, 7) is 4.03. The Kier molecular flexibility index (Phi) is 4.76. The van der Waals surface area contributed by atoms with E-state index in [0.29, 0.717) is 0 Å². The minimum absolute atomic E-state index is 0. The number of benzene rings is 1. The fraction of sp³-hybridized carbons (Fsp3) is 0.250. The van der Waals surface area contributed by atoms with Crippen LogP contribution in [0.4, 0.5) is 0 Å². The molecule has 0 saturated carbocycles. The maximum Gasteiger partial charge on any atom is 0 e. The zero-order valence-electron chi connectivity index (χ0n) is 6.11. The molecule has 10 heavy (non-hydrogen) atoms. The van der Waals surface area contributed by atoms with Crippen LogP contribution in [0.1, 0.15) is 11.1 Å². The molecule has 0 aromatic heterocycles. The van der Waals surface area contributed by atoms with E-state index in [4.69, 9.17) is 11.6 Å². The number of aryl methyl sites for hydroxylation is 1. The Labute approximate surface area is 91.8 Å². The Morgan fingerprint density at radius 1 is 1.30 bits per heavy atom. The molecule has 1 rings (SSSR count). The van der Waals surface area contributed by atoms with Gasteiger partial charge in [-0.1, -0.05) is 18.9 Å². The van der Waals surface area contributed by atoms with Gasteiger partial charge in [-0.3, -0.25) is 0 Å². The topological polar surface area (TPSA) is 0 Å². The molecule has 0 nitrogen and oxygen atoms in total. The van der Waals surface area contributed by atoms with Crippen molar-refractivity contribution in [1.82, 2.24) is 0 Å². The van der Waals surface area contributed by atoms with Gasteiger partial charge in [-0.25, -0.2) is 0 Å². The first kappa shape index (κ1) is 10.6. The minimum Gasteiger partial charge on any atom is -0.182 e. The predicted molar refractivity (Wildman–Crippen MR) is 39.8 cm³/mol. The van der Waals surface area contributed by atoms with Crippen LogP contribution >= 0.6 is 11.6 Å². The first-order valence-corrected chi connectivity index (χ1v) is 3.22. The van der Waals surface area contributed by atoms with Gasteiger partial charge in [0.05, 0.1) is 0 Å². The van der Waals surface area contributed by atoms with Crippen molar-refractivity contribution in [1.29, 1.82) is 0 Å². The third-order valence-corrected chi connectivity index (χ3v) is 1.85. The van der Waals surface area contributed by atoms with E-state index in [0.717, 1.165) is 10.6 Å². The van der Waals surface area contributed by atoms with E-state index >= 15 is 0 Å². The quantitative estimate of drug-likeness (QED) is 0.599. The summed E-state index contributed by atoms with van der Waals surface area (Å²) in [5, 5.41) is 0.801. The number of hydrogen-bond acceptors (Lipinski definition) is 0. The van der Waals surface area contributed by atoms with Crippen molar-refractivity contribution < 1.29 is 32.7 Å². The van der Waals surface area contributed by atoms with Crippen LogP contribution in [0.2, 0.25) is 5.02 Å². The van der Waals surface area contributed by atoms with Crippen molar-refractivity contribution in [2.75, 3.05) is 0 Å². The van der Waals surface area contributed by atoms with Crippen LogP contribution in [-0.2, 0) is 32.7 Å². The van der Waals surface area contributed by atoms with Crippen LogP contribution in [-0.4, -0.2) is 0 Å². The summed E-state index contributed by atoms with van der Waals surface area (Å²) in [5.41, 5.74) is 2.35. The zero-order valence-corrected chi connectivity index (χ0v) is 9.70. The summed E-state index contributed by atoms with van der Waals surface area (Å²) in [6.07, 6.45) is 0. The summed E-state index contributed by atoms with van der Waals surface area (Å²) >= 11 is 5.78. The molecule has 0 heterocycles. The molecule has 1 aromatic carbocycles. The van der Waals surface area contributed by atoms with Crippen LogP contribution < -0.4 is 0 Å². The zero-order chi connectivity index (χ0) is 6.85. The maximum atomic E-state index is 5.78. The van der Waals surface area contributed by atoms with Crippen LogP contribution in [0.3, 0.4) is 0 Å². The minimum atomic E-state index is 0. The summed E-state index contributed by atoms with van der Waals surface area (Å²) in [7, 11) is 0. The Balaban J connectivity index is 0.000000810. The maximum absolute atomic E-state index is 5.78. The van der Waals surface area contributed by atoms with Crippen molar-refractivity contribution in [3.63, 3.8) is 0 Å². The molecule has 0 bridgehead atoms. The monoisotopic (exact) mass is 228 g/mol. The third kappa shape index (κ3) is 2.34. The van der Waals surface area contributed by atoms with Gasteiger partial charge in [0.15, 0.2) is 0 Å². The fourth-order valence-electron chi connectivity index (χ4n) is 0.645. The Morgan fingerprint density at radius 3 is 2.30 bits per heavy atom. The van der Waals surface area contributed by atoms with E-state index in [1.165, 1.54) is 5.56 Å². The molecule has 0 N–H and O–H groups in total. The summed E-state index contributed by atoms with van der Waals surface area (Å²) in [5.74, 6) is 0. The van der Waals surface area contributed by atoms with E-state index in [1.54, 1.807) is 6.07 Å². The Morgan fingerprint density at radius 2 is 1.90 bits per heavy atom. The standard InChI is InChI=1S/C8H8Cl.Y/c1-6-4-3-5-8(9)7(6)2;/h4-5H,1-2H3;/q-1;. The molecule has 0 aliphatic heterocycles. The molecule has 0 aliphatic carbocycles. The van der Waals surface area contributed by atoms with E-state index in [9.17, 15) is 0 Å². The molecule has 2 heteroatoms. The van der Waals surface area contributed by atoms with E-state index in [2.05, 4.69) is 6.07 Å². The van der Waals surface area contributed by atoms with Gasteiger partial charge in [0, 0.05) is 32.7 Å². The number of halogens is 1. The molecule has 0 atom stereocenters. The van der Waals surface area contributed by atoms with Crippen LogP contribution in [0, 0.1) is 19.9 Å². The molecule has 51 valence electrons. The molecular weight excluding hydrogens is 220 g/mol. The summed E-state index contributed by atoms with van der Waals surface area (Å²) in [4.78, 5) is 0. The van der Waals surface area contributed by atoms with Crippen LogP contribution in [0.15, 0.2) is 12.1 Å². The largest absolute Gasteiger partial charge is 0.182 e. The van der Waals surface area contributed by atoms with Gasteiger partial charge in [0.25, 0.3) is 0 Å². The van der Waals surface area contributed by atoms with Gasteiger partial charge in [-0.2, -0.15) is 35.4 Å². The Bertz CT molecular complexity index is 200. The first-order valence-electron chi connectivity index (χ1n) is 2.84. The van der Waals surface area contributed by atoms with Gasteiger partial charge in [0.2, 0.25) is 0 Å².